The van der Waals surface area contributed by atoms with E-state index >= 15 is 0 Å². The number of rotatable bonds is 2. The normalized spacial score (nSPS) is 10.7. The van der Waals surface area contributed by atoms with E-state index in [4.69, 9.17) is 0 Å². The molecule has 3 nitrogen and oxygen atoms in total. The Balaban J connectivity index is 2.83. The molecule has 1 aromatic carbocycles. The Bertz CT molecular complexity index is 740. The number of hydrogen-bond acceptors (Lipinski definition) is 2. The number of hydrogen-bond donors (Lipinski definition) is 1. The Hall–Kier alpha value is -2.51. The van der Waals surface area contributed by atoms with Gasteiger partial charge in [-0.15, -0.1) is 0 Å². The standard InChI is InChI=1S/C12H4F5NO2/c13-7-6(8(14)10(16)11(17)9(7)15)5-2-1-4(3-19)18-12(5)20/h1-3H,(H,18,20). The first kappa shape index (κ1) is 13.9. The van der Waals surface area contributed by atoms with Crippen LogP contribution >= 0.6 is 0 Å². The molecule has 1 aromatic heterocycles. The summed E-state index contributed by atoms with van der Waals surface area (Å²) in [6, 6.07) is 1.77. The van der Waals surface area contributed by atoms with E-state index in [9.17, 15) is 31.5 Å². The highest BCUT2D eigenvalue weighted by molar-refractivity contribution is 5.73. The predicted molar refractivity (Wildman–Crippen MR) is 57.7 cm³/mol. The Morgan fingerprint density at radius 1 is 0.850 bits per heavy atom. The van der Waals surface area contributed by atoms with Gasteiger partial charge in [-0.25, -0.2) is 22.0 Å². The minimum atomic E-state index is -2.32. The molecule has 0 aliphatic heterocycles. The molecule has 20 heavy (non-hydrogen) atoms. The molecule has 0 aliphatic carbocycles. The minimum absolute atomic E-state index is 0.206. The zero-order valence-electron chi connectivity index (χ0n) is 9.44. The summed E-state index contributed by atoms with van der Waals surface area (Å²) in [4.78, 5) is 23.9. The SMILES string of the molecule is O=Cc1ccc(-c2c(F)c(F)c(F)c(F)c2F)c(=O)[nH]1. The Kier molecular flexibility index (Phi) is 3.39. The number of benzene rings is 1. The van der Waals surface area contributed by atoms with Gasteiger partial charge in [0.15, 0.2) is 29.6 Å². The summed E-state index contributed by atoms with van der Waals surface area (Å²) in [6.45, 7) is 0. The van der Waals surface area contributed by atoms with Gasteiger partial charge in [0.1, 0.15) is 0 Å². The average Bonchev–Trinajstić information content (AvgIpc) is 2.44. The average molecular weight is 289 g/mol. The van der Waals surface area contributed by atoms with Gasteiger partial charge in [0, 0.05) is 0 Å². The van der Waals surface area contributed by atoms with E-state index < -0.39 is 45.8 Å². The molecule has 0 saturated heterocycles. The Labute approximate surface area is 107 Å². The zero-order valence-corrected chi connectivity index (χ0v) is 9.44. The Morgan fingerprint density at radius 2 is 1.35 bits per heavy atom. The van der Waals surface area contributed by atoms with Crippen LogP contribution in [-0.4, -0.2) is 11.3 Å². The number of H-pyrrole nitrogens is 1. The third-order valence-electron chi connectivity index (χ3n) is 2.54. The van der Waals surface area contributed by atoms with Crippen molar-refractivity contribution in [2.75, 3.05) is 0 Å². The highest BCUT2D eigenvalue weighted by Crippen LogP contribution is 2.29. The lowest BCUT2D eigenvalue weighted by Crippen LogP contribution is -2.14. The van der Waals surface area contributed by atoms with Crippen LogP contribution in [0.5, 0.6) is 0 Å². The largest absolute Gasteiger partial charge is 0.319 e. The van der Waals surface area contributed by atoms with Gasteiger partial charge in [-0.1, -0.05) is 0 Å². The van der Waals surface area contributed by atoms with Crippen molar-refractivity contribution < 1.29 is 26.7 Å². The maximum atomic E-state index is 13.5. The van der Waals surface area contributed by atoms with E-state index in [1.165, 1.54) is 0 Å². The molecule has 0 radical (unpaired) electrons. The number of nitrogens with one attached hydrogen (secondary N) is 1. The number of halogens is 5. The van der Waals surface area contributed by atoms with E-state index in [0.717, 1.165) is 12.1 Å². The van der Waals surface area contributed by atoms with Gasteiger partial charge < -0.3 is 4.98 Å². The molecule has 0 unspecified atom stereocenters. The first-order valence-corrected chi connectivity index (χ1v) is 5.08. The van der Waals surface area contributed by atoms with Crippen molar-refractivity contribution >= 4 is 6.29 Å². The third-order valence-corrected chi connectivity index (χ3v) is 2.54. The molecule has 0 fully saturated rings. The number of pyridine rings is 1. The Morgan fingerprint density at radius 3 is 1.80 bits per heavy atom. The van der Waals surface area contributed by atoms with Gasteiger partial charge >= 0.3 is 0 Å². The summed E-state index contributed by atoms with van der Waals surface area (Å²) in [5.41, 5.74) is -3.48. The molecule has 0 amide bonds. The summed E-state index contributed by atoms with van der Waals surface area (Å²) in [5, 5.41) is 0. The van der Waals surface area contributed by atoms with Crippen LogP contribution in [-0.2, 0) is 0 Å². The number of carbonyl (C=O) groups excluding carboxylic acids is 1. The van der Waals surface area contributed by atoms with Crippen LogP contribution in [0.1, 0.15) is 10.5 Å². The van der Waals surface area contributed by atoms with Gasteiger partial charge in [-0.05, 0) is 12.1 Å². The van der Waals surface area contributed by atoms with Gasteiger partial charge in [0.25, 0.3) is 5.56 Å². The van der Waals surface area contributed by atoms with Crippen molar-refractivity contribution in [3.05, 3.63) is 57.3 Å². The van der Waals surface area contributed by atoms with Crippen LogP contribution in [0.2, 0.25) is 0 Å². The number of aromatic amines is 1. The summed E-state index contributed by atoms with van der Waals surface area (Å²) in [6.07, 6.45) is 0.254. The molecule has 0 saturated carbocycles. The van der Waals surface area contributed by atoms with Crippen molar-refractivity contribution in [2.24, 2.45) is 0 Å². The van der Waals surface area contributed by atoms with Crippen molar-refractivity contribution in [2.45, 2.75) is 0 Å². The second-order valence-electron chi connectivity index (χ2n) is 3.72. The van der Waals surface area contributed by atoms with Crippen LogP contribution in [0, 0.1) is 29.1 Å². The van der Waals surface area contributed by atoms with E-state index in [2.05, 4.69) is 0 Å². The van der Waals surface area contributed by atoms with Crippen molar-refractivity contribution in [1.29, 1.82) is 0 Å². The number of carbonyl (C=O) groups is 1. The molecular weight excluding hydrogens is 285 g/mol. The third kappa shape index (κ3) is 1.98. The minimum Gasteiger partial charge on any atom is -0.319 e. The fourth-order valence-corrected chi connectivity index (χ4v) is 1.60. The lowest BCUT2D eigenvalue weighted by molar-refractivity contribution is 0.111. The molecule has 0 atom stereocenters. The van der Waals surface area contributed by atoms with Crippen LogP contribution in [0.15, 0.2) is 16.9 Å². The first-order chi connectivity index (χ1) is 9.38. The highest BCUT2D eigenvalue weighted by atomic mass is 19.2. The topological polar surface area (TPSA) is 49.9 Å². The maximum Gasteiger partial charge on any atom is 0.256 e. The molecule has 2 aromatic rings. The van der Waals surface area contributed by atoms with Gasteiger partial charge in [0.05, 0.1) is 16.8 Å². The number of aromatic nitrogens is 1. The first-order valence-electron chi connectivity index (χ1n) is 5.08. The molecule has 1 heterocycles. The van der Waals surface area contributed by atoms with Crippen molar-refractivity contribution in [3.63, 3.8) is 0 Å². The molecule has 0 spiro atoms. The highest BCUT2D eigenvalue weighted by Gasteiger charge is 2.27. The molecule has 0 aliphatic rings. The summed E-state index contributed by atoms with van der Waals surface area (Å²) in [7, 11) is 0. The lowest BCUT2D eigenvalue weighted by Gasteiger charge is -2.07. The van der Waals surface area contributed by atoms with Crippen molar-refractivity contribution in [3.8, 4) is 11.1 Å². The fraction of sp³-hybridized carbons (Fsp3) is 0. The summed E-state index contributed by atoms with van der Waals surface area (Å²) >= 11 is 0. The van der Waals surface area contributed by atoms with E-state index in [1.54, 1.807) is 0 Å². The van der Waals surface area contributed by atoms with Crippen molar-refractivity contribution in [1.82, 2.24) is 4.98 Å². The molecule has 1 N–H and O–H groups in total. The second kappa shape index (κ2) is 4.87. The maximum absolute atomic E-state index is 13.5. The van der Waals surface area contributed by atoms with E-state index in [1.807, 2.05) is 4.98 Å². The molecule has 104 valence electrons. The van der Waals surface area contributed by atoms with Gasteiger partial charge in [-0.3, -0.25) is 9.59 Å². The summed E-state index contributed by atoms with van der Waals surface area (Å²) < 4.78 is 66.0. The van der Waals surface area contributed by atoms with Crippen LogP contribution in [0.25, 0.3) is 11.1 Å². The molecule has 8 heteroatoms. The van der Waals surface area contributed by atoms with Gasteiger partial charge in [-0.2, -0.15) is 0 Å². The molecule has 2 rings (SSSR count). The monoisotopic (exact) mass is 289 g/mol. The van der Waals surface area contributed by atoms with Crippen LogP contribution < -0.4 is 5.56 Å². The summed E-state index contributed by atoms with van der Waals surface area (Å²) in [5.74, 6) is -10.9. The zero-order chi connectivity index (χ0) is 15.0. The van der Waals surface area contributed by atoms with E-state index in [-0.39, 0.29) is 12.0 Å². The fourth-order valence-electron chi connectivity index (χ4n) is 1.60. The quantitative estimate of drug-likeness (QED) is 0.400. The van der Waals surface area contributed by atoms with Crippen LogP contribution in [0.3, 0.4) is 0 Å². The number of aldehydes is 1. The predicted octanol–water partition coefficient (Wildman–Crippen LogP) is 2.55. The van der Waals surface area contributed by atoms with E-state index in [0.29, 0.717) is 0 Å². The lowest BCUT2D eigenvalue weighted by atomic mass is 10.0. The molecular formula is C12H4F5NO2. The van der Waals surface area contributed by atoms with Crippen LogP contribution in [0.4, 0.5) is 22.0 Å². The molecule has 0 bridgehead atoms. The van der Waals surface area contributed by atoms with Gasteiger partial charge in [0.2, 0.25) is 5.82 Å². The second-order valence-corrected chi connectivity index (χ2v) is 3.72. The smallest absolute Gasteiger partial charge is 0.256 e.